The fourth-order valence-corrected chi connectivity index (χ4v) is 1.83. The molecule has 1 heterocycles. The zero-order valence-electron chi connectivity index (χ0n) is 12.8. The molecular formula is C16H22N2O3. The lowest BCUT2D eigenvalue weighted by molar-refractivity contribution is 0.0311. The molecule has 0 radical (unpaired) electrons. The number of pyridine rings is 1. The summed E-state index contributed by atoms with van der Waals surface area (Å²) in [6.45, 7) is 5.85. The van der Waals surface area contributed by atoms with Crippen LogP contribution in [0.3, 0.4) is 0 Å². The molecule has 1 aromatic heterocycles. The highest BCUT2D eigenvalue weighted by Crippen LogP contribution is 2.11. The van der Waals surface area contributed by atoms with Gasteiger partial charge in [-0.1, -0.05) is 11.8 Å². The number of aliphatic hydroxyl groups is 2. The Hall–Kier alpha value is -1.90. The zero-order chi connectivity index (χ0) is 15.9. The van der Waals surface area contributed by atoms with E-state index >= 15 is 0 Å². The van der Waals surface area contributed by atoms with Crippen molar-refractivity contribution in [3.05, 3.63) is 29.6 Å². The van der Waals surface area contributed by atoms with Crippen LogP contribution in [0.15, 0.2) is 18.3 Å². The molecule has 0 aromatic carbocycles. The van der Waals surface area contributed by atoms with Crippen molar-refractivity contribution in [1.82, 2.24) is 9.88 Å². The Balaban J connectivity index is 3.04. The van der Waals surface area contributed by atoms with Gasteiger partial charge in [0.1, 0.15) is 5.69 Å². The van der Waals surface area contributed by atoms with Gasteiger partial charge < -0.3 is 15.1 Å². The molecule has 21 heavy (non-hydrogen) atoms. The van der Waals surface area contributed by atoms with Crippen LogP contribution in [-0.2, 0) is 0 Å². The first-order valence-electron chi connectivity index (χ1n) is 6.95. The minimum atomic E-state index is -0.969. The molecule has 0 aliphatic rings. The number of nitrogens with zero attached hydrogens (tertiary/aromatic N) is 2. The molecular weight excluding hydrogens is 268 g/mol. The minimum Gasteiger partial charge on any atom is -0.395 e. The Morgan fingerprint density at radius 2 is 2.19 bits per heavy atom. The number of carbonyl (C=O) groups excluding carboxylic acids is 1. The van der Waals surface area contributed by atoms with Crippen LogP contribution in [0.1, 0.15) is 43.2 Å². The fourth-order valence-electron chi connectivity index (χ4n) is 1.83. The number of amides is 1. The third-order valence-corrected chi connectivity index (χ3v) is 2.72. The molecule has 0 saturated heterocycles. The molecule has 0 aliphatic heterocycles. The highest BCUT2D eigenvalue weighted by atomic mass is 16.3. The second-order valence-corrected chi connectivity index (χ2v) is 5.31. The van der Waals surface area contributed by atoms with Gasteiger partial charge in [0, 0.05) is 25.7 Å². The van der Waals surface area contributed by atoms with Gasteiger partial charge >= 0.3 is 0 Å². The highest BCUT2D eigenvalue weighted by Gasteiger charge is 2.24. The molecule has 0 saturated carbocycles. The van der Waals surface area contributed by atoms with Gasteiger partial charge in [-0.15, -0.1) is 0 Å². The molecule has 5 heteroatoms. The van der Waals surface area contributed by atoms with Crippen LogP contribution >= 0.6 is 0 Å². The number of carbonyl (C=O) groups is 1. The Kier molecular flexibility index (Phi) is 6.35. The quantitative estimate of drug-likeness (QED) is 0.795. The van der Waals surface area contributed by atoms with E-state index in [9.17, 15) is 9.90 Å². The highest BCUT2D eigenvalue weighted by molar-refractivity contribution is 5.94. The summed E-state index contributed by atoms with van der Waals surface area (Å²) in [5.74, 6) is 5.39. The van der Waals surface area contributed by atoms with E-state index in [0.29, 0.717) is 18.5 Å². The van der Waals surface area contributed by atoms with Gasteiger partial charge in [0.2, 0.25) is 0 Å². The van der Waals surface area contributed by atoms with Crippen LogP contribution in [0.2, 0.25) is 0 Å². The van der Waals surface area contributed by atoms with E-state index < -0.39 is 5.60 Å². The molecule has 0 bridgehead atoms. The van der Waals surface area contributed by atoms with Crippen molar-refractivity contribution in [3.8, 4) is 11.8 Å². The van der Waals surface area contributed by atoms with Gasteiger partial charge in [-0.05, 0) is 32.9 Å². The summed E-state index contributed by atoms with van der Waals surface area (Å²) in [7, 11) is 0. The number of hydrogen-bond donors (Lipinski definition) is 2. The number of rotatable bonds is 5. The Morgan fingerprint density at radius 3 is 2.76 bits per heavy atom. The molecule has 1 amide bonds. The first-order valence-corrected chi connectivity index (χ1v) is 6.95. The fraction of sp³-hybridized carbons (Fsp3) is 0.500. The molecule has 0 spiro atoms. The van der Waals surface area contributed by atoms with Crippen LogP contribution in [-0.4, -0.2) is 51.3 Å². The molecule has 1 rings (SSSR count). The first kappa shape index (κ1) is 17.2. The lowest BCUT2D eigenvalue weighted by Crippen LogP contribution is -2.42. The average Bonchev–Trinajstić information content (AvgIpc) is 2.44. The van der Waals surface area contributed by atoms with Crippen molar-refractivity contribution in [1.29, 1.82) is 0 Å². The van der Waals surface area contributed by atoms with Gasteiger partial charge in [0.25, 0.3) is 5.91 Å². The van der Waals surface area contributed by atoms with Gasteiger partial charge in [-0.3, -0.25) is 4.79 Å². The average molecular weight is 290 g/mol. The van der Waals surface area contributed by atoms with E-state index in [1.807, 2.05) is 6.92 Å². The molecule has 0 unspecified atom stereocenters. The lowest BCUT2D eigenvalue weighted by Gasteiger charge is -2.28. The summed E-state index contributed by atoms with van der Waals surface area (Å²) < 4.78 is 0. The zero-order valence-corrected chi connectivity index (χ0v) is 12.8. The Morgan fingerprint density at radius 1 is 1.48 bits per heavy atom. The van der Waals surface area contributed by atoms with Gasteiger partial charge in [-0.2, -0.15) is 0 Å². The van der Waals surface area contributed by atoms with Crippen LogP contribution in [0.5, 0.6) is 0 Å². The first-order chi connectivity index (χ1) is 9.89. The maximum atomic E-state index is 12.5. The summed E-state index contributed by atoms with van der Waals surface area (Å²) in [6, 6.07) is 3.44. The second kappa shape index (κ2) is 7.77. The van der Waals surface area contributed by atoms with Crippen molar-refractivity contribution in [2.45, 2.75) is 32.8 Å². The molecule has 0 atom stereocenters. The number of aliphatic hydroxyl groups excluding tert-OH is 1. The van der Waals surface area contributed by atoms with E-state index in [-0.39, 0.29) is 24.8 Å². The SMILES string of the molecule is CCN(CC(C)(C)O)C(=O)c1ncccc1C#CCCO. The van der Waals surface area contributed by atoms with Crippen molar-refractivity contribution in [2.24, 2.45) is 0 Å². The molecule has 2 N–H and O–H groups in total. The minimum absolute atomic E-state index is 0.0175. The predicted octanol–water partition coefficient (Wildman–Crippen LogP) is 1.05. The maximum absolute atomic E-state index is 12.5. The van der Waals surface area contributed by atoms with E-state index in [0.717, 1.165) is 0 Å². The normalized spacial score (nSPS) is 10.7. The predicted molar refractivity (Wildman–Crippen MR) is 80.7 cm³/mol. The third-order valence-electron chi connectivity index (χ3n) is 2.72. The van der Waals surface area contributed by atoms with Crippen LogP contribution in [0.25, 0.3) is 0 Å². The van der Waals surface area contributed by atoms with Gasteiger partial charge in [0.15, 0.2) is 0 Å². The van der Waals surface area contributed by atoms with E-state index in [1.54, 1.807) is 37.1 Å². The monoisotopic (exact) mass is 290 g/mol. The topological polar surface area (TPSA) is 73.7 Å². The summed E-state index contributed by atoms with van der Waals surface area (Å²) in [6.07, 6.45) is 1.89. The largest absolute Gasteiger partial charge is 0.395 e. The number of aromatic nitrogens is 1. The van der Waals surface area contributed by atoms with Gasteiger partial charge in [-0.25, -0.2) is 4.98 Å². The second-order valence-electron chi connectivity index (χ2n) is 5.31. The van der Waals surface area contributed by atoms with Crippen molar-refractivity contribution in [2.75, 3.05) is 19.7 Å². The van der Waals surface area contributed by atoms with Crippen molar-refractivity contribution < 1.29 is 15.0 Å². The van der Waals surface area contributed by atoms with Crippen LogP contribution < -0.4 is 0 Å². The summed E-state index contributed by atoms with van der Waals surface area (Å²) >= 11 is 0. The molecule has 114 valence electrons. The molecule has 5 nitrogen and oxygen atoms in total. The van der Waals surface area contributed by atoms with Gasteiger partial charge in [0.05, 0.1) is 17.8 Å². The Bertz CT molecular complexity index is 538. The lowest BCUT2D eigenvalue weighted by atomic mass is 10.1. The summed E-state index contributed by atoms with van der Waals surface area (Å²) in [5.41, 5.74) is -0.164. The third kappa shape index (κ3) is 5.54. The van der Waals surface area contributed by atoms with E-state index in [1.165, 1.54) is 0 Å². The van der Waals surface area contributed by atoms with Crippen LogP contribution in [0.4, 0.5) is 0 Å². The van der Waals surface area contributed by atoms with Crippen LogP contribution in [0, 0.1) is 11.8 Å². The maximum Gasteiger partial charge on any atom is 0.273 e. The van der Waals surface area contributed by atoms with Crippen molar-refractivity contribution in [3.63, 3.8) is 0 Å². The summed E-state index contributed by atoms with van der Waals surface area (Å²) in [5, 5.41) is 18.6. The molecule has 0 aliphatic carbocycles. The smallest absolute Gasteiger partial charge is 0.273 e. The molecule has 0 fully saturated rings. The van der Waals surface area contributed by atoms with E-state index in [2.05, 4.69) is 16.8 Å². The molecule has 1 aromatic rings. The summed E-state index contributed by atoms with van der Waals surface area (Å²) in [4.78, 5) is 18.2. The number of likely N-dealkylation sites (N-methyl/N-ethyl adjacent to an activating group) is 1. The van der Waals surface area contributed by atoms with Crippen molar-refractivity contribution >= 4 is 5.91 Å². The Labute approximate surface area is 125 Å². The standard InChI is InChI=1S/C16H22N2O3/c1-4-18(12-16(2,3)21)15(20)14-13(8-5-6-11-19)9-7-10-17-14/h7,9-10,19,21H,4,6,11-12H2,1-3H3. The number of hydrogen-bond acceptors (Lipinski definition) is 4. The van der Waals surface area contributed by atoms with E-state index in [4.69, 9.17) is 5.11 Å².